The Kier molecular flexibility index (Phi) is 10.4. The van der Waals surface area contributed by atoms with Crippen LogP contribution in [0.25, 0.3) is 0 Å². The highest BCUT2D eigenvalue weighted by molar-refractivity contribution is 5.89. The third-order valence-corrected chi connectivity index (χ3v) is 4.89. The lowest BCUT2D eigenvalue weighted by molar-refractivity contribution is -0.143. The zero-order chi connectivity index (χ0) is 23.3. The predicted molar refractivity (Wildman–Crippen MR) is 122 cm³/mol. The largest absolute Gasteiger partial charge is 0.468 e. The molecule has 0 fully saturated rings. The highest BCUT2D eigenvalue weighted by Gasteiger charge is 2.25. The number of carbonyl (C=O) groups excluding carboxylic acids is 3. The van der Waals surface area contributed by atoms with Crippen molar-refractivity contribution in [3.63, 3.8) is 0 Å². The number of rotatable bonds is 12. The standard InChI is InChI=1S/C25H32N2O5/c1-18(2)14-22(24(29)31-3)26-16-23(28)21(15-19-10-6-4-7-11-19)27-25(30)32-17-20-12-8-5-9-13-20/h4-13,18,21-22,26H,14-17H2,1-3H3,(H,27,30)/t21-,22-/m0/s1. The summed E-state index contributed by atoms with van der Waals surface area (Å²) in [6.45, 7) is 4.00. The lowest BCUT2D eigenvalue weighted by Gasteiger charge is -2.21. The van der Waals surface area contributed by atoms with Crippen molar-refractivity contribution in [3.05, 3.63) is 71.8 Å². The van der Waals surface area contributed by atoms with Gasteiger partial charge in [-0.15, -0.1) is 0 Å². The lowest BCUT2D eigenvalue weighted by Crippen LogP contribution is -2.49. The highest BCUT2D eigenvalue weighted by Crippen LogP contribution is 2.08. The van der Waals surface area contributed by atoms with Crippen molar-refractivity contribution in [2.24, 2.45) is 5.92 Å². The molecule has 2 aromatic rings. The number of carbonyl (C=O) groups is 3. The number of ether oxygens (including phenoxy) is 2. The van der Waals surface area contributed by atoms with Crippen molar-refractivity contribution in [2.75, 3.05) is 13.7 Å². The van der Waals surface area contributed by atoms with E-state index in [4.69, 9.17) is 9.47 Å². The van der Waals surface area contributed by atoms with Crippen LogP contribution in [-0.2, 0) is 32.1 Å². The smallest absolute Gasteiger partial charge is 0.408 e. The number of alkyl carbamates (subject to hydrolysis) is 1. The number of esters is 1. The average Bonchev–Trinajstić information content (AvgIpc) is 2.80. The first kappa shape index (κ1) is 25.1. The van der Waals surface area contributed by atoms with Crippen molar-refractivity contribution >= 4 is 17.8 Å². The van der Waals surface area contributed by atoms with Gasteiger partial charge in [0, 0.05) is 0 Å². The van der Waals surface area contributed by atoms with Gasteiger partial charge in [-0.3, -0.25) is 14.9 Å². The Morgan fingerprint density at radius 2 is 1.47 bits per heavy atom. The van der Waals surface area contributed by atoms with Gasteiger partial charge in [-0.25, -0.2) is 4.79 Å². The Bertz CT molecular complexity index is 855. The summed E-state index contributed by atoms with van der Waals surface area (Å²) in [5.74, 6) is -0.419. The maximum atomic E-state index is 13.0. The molecule has 0 saturated heterocycles. The summed E-state index contributed by atoms with van der Waals surface area (Å²) < 4.78 is 10.1. The van der Waals surface area contributed by atoms with Gasteiger partial charge in [0.05, 0.1) is 19.7 Å². The molecule has 2 aromatic carbocycles. The van der Waals surface area contributed by atoms with Crippen LogP contribution in [0.4, 0.5) is 4.79 Å². The Labute approximate surface area is 189 Å². The maximum absolute atomic E-state index is 13.0. The van der Waals surface area contributed by atoms with E-state index < -0.39 is 24.1 Å². The Balaban J connectivity index is 2.01. The summed E-state index contributed by atoms with van der Waals surface area (Å²) in [6, 6.07) is 17.3. The van der Waals surface area contributed by atoms with Gasteiger partial charge in [0.25, 0.3) is 0 Å². The van der Waals surface area contributed by atoms with Crippen molar-refractivity contribution < 1.29 is 23.9 Å². The molecule has 0 aromatic heterocycles. The second-order valence-electron chi connectivity index (χ2n) is 8.00. The van der Waals surface area contributed by atoms with E-state index in [0.717, 1.165) is 11.1 Å². The SMILES string of the molecule is COC(=O)[C@H](CC(C)C)NCC(=O)[C@H](Cc1ccccc1)NC(=O)OCc1ccccc1. The number of hydrogen-bond donors (Lipinski definition) is 2. The van der Waals surface area contributed by atoms with Crippen LogP contribution in [0.3, 0.4) is 0 Å². The van der Waals surface area contributed by atoms with Crippen molar-refractivity contribution in [3.8, 4) is 0 Å². The number of benzene rings is 2. The molecule has 0 aliphatic carbocycles. The van der Waals surface area contributed by atoms with E-state index in [0.29, 0.717) is 12.8 Å². The summed E-state index contributed by atoms with van der Waals surface area (Å²) in [6.07, 6.45) is 0.180. The molecule has 7 nitrogen and oxygen atoms in total. The molecular weight excluding hydrogens is 408 g/mol. The number of amides is 1. The van der Waals surface area contributed by atoms with E-state index >= 15 is 0 Å². The minimum Gasteiger partial charge on any atom is -0.468 e. The molecule has 0 aliphatic rings. The van der Waals surface area contributed by atoms with Crippen molar-refractivity contribution in [2.45, 2.75) is 45.4 Å². The molecule has 32 heavy (non-hydrogen) atoms. The monoisotopic (exact) mass is 440 g/mol. The summed E-state index contributed by atoms with van der Waals surface area (Å²) in [5.41, 5.74) is 1.76. The molecule has 0 unspecified atom stereocenters. The fourth-order valence-corrected chi connectivity index (χ4v) is 3.23. The molecule has 0 heterocycles. The van der Waals surface area contributed by atoms with Crippen LogP contribution in [0.1, 0.15) is 31.4 Å². The second kappa shape index (κ2) is 13.3. The van der Waals surface area contributed by atoms with E-state index in [-0.39, 0.29) is 24.9 Å². The molecule has 0 radical (unpaired) electrons. The van der Waals surface area contributed by atoms with E-state index in [1.165, 1.54) is 7.11 Å². The molecular formula is C25H32N2O5. The van der Waals surface area contributed by atoms with Crippen LogP contribution in [0.15, 0.2) is 60.7 Å². The highest BCUT2D eigenvalue weighted by atomic mass is 16.5. The molecule has 2 atom stereocenters. The Morgan fingerprint density at radius 1 is 0.875 bits per heavy atom. The number of nitrogens with one attached hydrogen (secondary N) is 2. The first-order valence-electron chi connectivity index (χ1n) is 10.7. The van der Waals surface area contributed by atoms with Gasteiger partial charge in [0.1, 0.15) is 12.6 Å². The van der Waals surface area contributed by atoms with Crippen LogP contribution in [0.5, 0.6) is 0 Å². The van der Waals surface area contributed by atoms with Gasteiger partial charge in [-0.2, -0.15) is 0 Å². The summed E-state index contributed by atoms with van der Waals surface area (Å²) >= 11 is 0. The van der Waals surface area contributed by atoms with Crippen LogP contribution in [0, 0.1) is 5.92 Å². The van der Waals surface area contributed by atoms with Crippen LogP contribution >= 0.6 is 0 Å². The fourth-order valence-electron chi connectivity index (χ4n) is 3.23. The minimum atomic E-state index is -0.800. The van der Waals surface area contributed by atoms with E-state index in [2.05, 4.69) is 10.6 Å². The fraction of sp³-hybridized carbons (Fsp3) is 0.400. The Hall–Kier alpha value is -3.19. The molecule has 1 amide bonds. The maximum Gasteiger partial charge on any atom is 0.408 e. The van der Waals surface area contributed by atoms with Crippen LogP contribution in [-0.4, -0.2) is 43.6 Å². The topological polar surface area (TPSA) is 93.7 Å². The Morgan fingerprint density at radius 3 is 2.03 bits per heavy atom. The van der Waals surface area contributed by atoms with Crippen LogP contribution in [0.2, 0.25) is 0 Å². The zero-order valence-electron chi connectivity index (χ0n) is 18.9. The molecule has 0 bridgehead atoms. The van der Waals surface area contributed by atoms with Gasteiger partial charge < -0.3 is 14.8 Å². The van der Waals surface area contributed by atoms with Gasteiger partial charge in [0.15, 0.2) is 5.78 Å². The third-order valence-electron chi connectivity index (χ3n) is 4.89. The predicted octanol–water partition coefficient (Wildman–Crippen LogP) is 3.27. The van der Waals surface area contributed by atoms with Crippen molar-refractivity contribution in [1.82, 2.24) is 10.6 Å². The first-order chi connectivity index (χ1) is 15.4. The average molecular weight is 441 g/mol. The summed E-state index contributed by atoms with van der Waals surface area (Å²) in [4.78, 5) is 37.4. The molecule has 7 heteroatoms. The van der Waals surface area contributed by atoms with Gasteiger partial charge in [-0.05, 0) is 29.9 Å². The first-order valence-corrected chi connectivity index (χ1v) is 10.7. The minimum absolute atomic E-state index is 0.0804. The number of hydrogen-bond acceptors (Lipinski definition) is 6. The zero-order valence-corrected chi connectivity index (χ0v) is 18.9. The normalized spacial score (nSPS) is 12.6. The number of methoxy groups -OCH3 is 1. The molecule has 0 aliphatic heterocycles. The molecule has 0 saturated carbocycles. The van der Waals surface area contributed by atoms with Crippen LogP contribution < -0.4 is 10.6 Å². The molecule has 2 N–H and O–H groups in total. The van der Waals surface area contributed by atoms with Crippen molar-refractivity contribution in [1.29, 1.82) is 0 Å². The molecule has 0 spiro atoms. The molecule has 172 valence electrons. The van der Waals surface area contributed by atoms with E-state index in [1.54, 1.807) is 0 Å². The third kappa shape index (κ3) is 8.89. The summed E-state index contributed by atoms with van der Waals surface area (Å²) in [7, 11) is 1.32. The number of Topliss-reactive ketones (excluding diaryl/α,β-unsaturated/α-hetero) is 1. The van der Waals surface area contributed by atoms with Gasteiger partial charge >= 0.3 is 12.1 Å². The van der Waals surface area contributed by atoms with Gasteiger partial charge in [-0.1, -0.05) is 74.5 Å². The summed E-state index contributed by atoms with van der Waals surface area (Å²) in [5, 5.41) is 5.66. The lowest BCUT2D eigenvalue weighted by atomic mass is 10.0. The van der Waals surface area contributed by atoms with E-state index in [9.17, 15) is 14.4 Å². The van der Waals surface area contributed by atoms with Gasteiger partial charge in [0.2, 0.25) is 0 Å². The molecule has 2 rings (SSSR count). The number of ketones is 1. The van der Waals surface area contributed by atoms with E-state index in [1.807, 2.05) is 74.5 Å². The quantitative estimate of drug-likeness (QED) is 0.492. The second-order valence-corrected chi connectivity index (χ2v) is 8.00.